The lowest BCUT2D eigenvalue weighted by atomic mass is 10.1. The van der Waals surface area contributed by atoms with Crippen molar-refractivity contribution < 1.29 is 0 Å². The summed E-state index contributed by atoms with van der Waals surface area (Å²) in [6.45, 7) is 2.17. The largest absolute Gasteiger partial charge is 0.306 e. The fourth-order valence-electron chi connectivity index (χ4n) is 1.98. The lowest BCUT2D eigenvalue weighted by molar-refractivity contribution is 1.14. The second kappa shape index (κ2) is 5.52. The average Bonchev–Trinajstić information content (AvgIpc) is 2.82. The van der Waals surface area contributed by atoms with E-state index in [0.29, 0.717) is 0 Å². The molecule has 0 spiro atoms. The van der Waals surface area contributed by atoms with Gasteiger partial charge in [-0.3, -0.25) is 0 Å². The van der Waals surface area contributed by atoms with Crippen LogP contribution in [-0.2, 0) is 6.42 Å². The van der Waals surface area contributed by atoms with Crippen molar-refractivity contribution in [3.63, 3.8) is 0 Å². The predicted molar refractivity (Wildman–Crippen MR) is 85.4 cm³/mol. The van der Waals surface area contributed by atoms with Gasteiger partial charge in [0.2, 0.25) is 0 Å². The maximum atomic E-state index is 4.60. The molecule has 1 aromatic carbocycles. The Hall–Kier alpha value is -1.36. The summed E-state index contributed by atoms with van der Waals surface area (Å²) in [6, 6.07) is 14.6. The van der Waals surface area contributed by atoms with Crippen molar-refractivity contribution in [3.05, 3.63) is 60.4 Å². The van der Waals surface area contributed by atoms with Gasteiger partial charge >= 0.3 is 0 Å². The van der Waals surface area contributed by atoms with E-state index in [0.717, 1.165) is 17.8 Å². The number of hydrogen-bond acceptors (Lipinski definition) is 1. The highest BCUT2D eigenvalue weighted by atomic mass is 127. The van der Waals surface area contributed by atoms with Crippen molar-refractivity contribution >= 4 is 29.6 Å². The summed E-state index contributed by atoms with van der Waals surface area (Å²) in [5.41, 5.74) is 4.55. The Morgan fingerprint density at radius 2 is 1.83 bits per heavy atom. The van der Waals surface area contributed by atoms with E-state index in [-0.39, 0.29) is 24.0 Å². The molecule has 3 rings (SSSR count). The van der Waals surface area contributed by atoms with E-state index < -0.39 is 0 Å². The minimum atomic E-state index is 0. The minimum Gasteiger partial charge on any atom is -0.306 e. The number of hydrogen-bond donors (Lipinski definition) is 0. The van der Waals surface area contributed by atoms with Crippen LogP contribution in [0.4, 0.5) is 0 Å². The maximum Gasteiger partial charge on any atom is 0.137 e. The molecule has 2 nitrogen and oxygen atoms in total. The molecule has 92 valence electrons. The van der Waals surface area contributed by atoms with Crippen LogP contribution in [0.3, 0.4) is 0 Å². The van der Waals surface area contributed by atoms with Gasteiger partial charge in [0.05, 0.1) is 5.69 Å². The third-order valence-electron chi connectivity index (χ3n) is 3.02. The molecule has 0 amide bonds. The van der Waals surface area contributed by atoms with Crippen LogP contribution < -0.4 is 0 Å². The predicted octanol–water partition coefficient (Wildman–Crippen LogP) is 4.18. The number of pyridine rings is 1. The van der Waals surface area contributed by atoms with E-state index in [1.807, 2.05) is 28.8 Å². The van der Waals surface area contributed by atoms with E-state index >= 15 is 0 Å². The third-order valence-corrected chi connectivity index (χ3v) is 3.02. The van der Waals surface area contributed by atoms with Crippen LogP contribution >= 0.6 is 24.0 Å². The van der Waals surface area contributed by atoms with Crippen LogP contribution in [0.5, 0.6) is 0 Å². The van der Waals surface area contributed by atoms with Crippen LogP contribution in [0.1, 0.15) is 12.5 Å². The van der Waals surface area contributed by atoms with Crippen LogP contribution in [0.2, 0.25) is 0 Å². The molecule has 0 saturated carbocycles. The number of nitrogens with zero attached hydrogens (tertiary/aromatic N) is 2. The van der Waals surface area contributed by atoms with Crippen molar-refractivity contribution in [1.82, 2.24) is 9.38 Å². The van der Waals surface area contributed by atoms with E-state index in [1.54, 1.807) is 0 Å². The van der Waals surface area contributed by atoms with Gasteiger partial charge in [0, 0.05) is 18.0 Å². The SMILES string of the molecule is CCc1ccc(-c2cn3ccccc3n2)cc1.I. The summed E-state index contributed by atoms with van der Waals surface area (Å²) < 4.78 is 2.04. The van der Waals surface area contributed by atoms with Crippen molar-refractivity contribution in [2.75, 3.05) is 0 Å². The van der Waals surface area contributed by atoms with Crippen molar-refractivity contribution in [2.24, 2.45) is 0 Å². The molecule has 2 heterocycles. The monoisotopic (exact) mass is 350 g/mol. The maximum absolute atomic E-state index is 4.60. The molecule has 0 atom stereocenters. The highest BCUT2D eigenvalue weighted by molar-refractivity contribution is 14.0. The van der Waals surface area contributed by atoms with E-state index in [9.17, 15) is 0 Å². The number of halogens is 1. The van der Waals surface area contributed by atoms with Crippen LogP contribution in [0.15, 0.2) is 54.9 Å². The summed E-state index contributed by atoms with van der Waals surface area (Å²) in [5, 5.41) is 0. The molecule has 0 aliphatic rings. The molecule has 3 aromatic rings. The fraction of sp³-hybridized carbons (Fsp3) is 0.133. The topological polar surface area (TPSA) is 17.3 Å². The summed E-state index contributed by atoms with van der Waals surface area (Å²) in [7, 11) is 0. The van der Waals surface area contributed by atoms with Gasteiger partial charge < -0.3 is 4.40 Å². The van der Waals surface area contributed by atoms with Gasteiger partial charge in [-0.25, -0.2) is 4.98 Å². The van der Waals surface area contributed by atoms with E-state index in [1.165, 1.54) is 11.1 Å². The van der Waals surface area contributed by atoms with Crippen LogP contribution in [-0.4, -0.2) is 9.38 Å². The number of imidazole rings is 1. The number of fused-ring (bicyclic) bond motifs is 1. The van der Waals surface area contributed by atoms with Gasteiger partial charge in [0.25, 0.3) is 0 Å². The highest BCUT2D eigenvalue weighted by Gasteiger charge is 2.03. The molecule has 2 aromatic heterocycles. The first-order valence-electron chi connectivity index (χ1n) is 5.90. The molecule has 0 fully saturated rings. The van der Waals surface area contributed by atoms with Gasteiger partial charge in [-0.15, -0.1) is 24.0 Å². The van der Waals surface area contributed by atoms with Gasteiger partial charge in [-0.1, -0.05) is 37.3 Å². The molecule has 18 heavy (non-hydrogen) atoms. The summed E-state index contributed by atoms with van der Waals surface area (Å²) >= 11 is 0. The Labute approximate surface area is 124 Å². The van der Waals surface area contributed by atoms with Gasteiger partial charge in [0.15, 0.2) is 0 Å². The zero-order chi connectivity index (χ0) is 11.7. The molecular weight excluding hydrogens is 335 g/mol. The van der Waals surface area contributed by atoms with Gasteiger partial charge in [-0.2, -0.15) is 0 Å². The first-order chi connectivity index (χ1) is 8.36. The minimum absolute atomic E-state index is 0. The highest BCUT2D eigenvalue weighted by Crippen LogP contribution is 2.19. The number of benzene rings is 1. The first-order valence-corrected chi connectivity index (χ1v) is 5.90. The Bertz CT molecular complexity index is 608. The molecule has 0 unspecified atom stereocenters. The summed E-state index contributed by atoms with van der Waals surface area (Å²) in [6.07, 6.45) is 5.16. The molecule has 3 heteroatoms. The Kier molecular flexibility index (Phi) is 4.01. The van der Waals surface area contributed by atoms with E-state index in [2.05, 4.69) is 42.4 Å². The quantitative estimate of drug-likeness (QED) is 0.634. The standard InChI is InChI=1S/C15H14N2.HI/c1-2-12-6-8-13(9-7-12)14-11-17-10-4-3-5-15(17)16-14;/h3-11H,2H2,1H3;1H. The molecule has 0 aliphatic heterocycles. The normalized spacial score (nSPS) is 10.3. The zero-order valence-corrected chi connectivity index (χ0v) is 12.5. The smallest absolute Gasteiger partial charge is 0.137 e. The molecule has 0 aliphatic carbocycles. The fourth-order valence-corrected chi connectivity index (χ4v) is 1.98. The molecule has 0 saturated heterocycles. The molecular formula is C15H15IN2. The Morgan fingerprint density at radius 1 is 1.06 bits per heavy atom. The summed E-state index contributed by atoms with van der Waals surface area (Å²) in [4.78, 5) is 4.60. The number of rotatable bonds is 2. The zero-order valence-electron chi connectivity index (χ0n) is 10.2. The second-order valence-corrected chi connectivity index (χ2v) is 4.14. The van der Waals surface area contributed by atoms with Crippen LogP contribution in [0.25, 0.3) is 16.9 Å². The number of aryl methyl sites for hydroxylation is 1. The van der Waals surface area contributed by atoms with Crippen LogP contribution in [0, 0.1) is 0 Å². The van der Waals surface area contributed by atoms with Crippen molar-refractivity contribution in [3.8, 4) is 11.3 Å². The molecule has 0 bridgehead atoms. The lowest BCUT2D eigenvalue weighted by Gasteiger charge is -1.98. The lowest BCUT2D eigenvalue weighted by Crippen LogP contribution is -1.81. The van der Waals surface area contributed by atoms with Gasteiger partial charge in [0.1, 0.15) is 5.65 Å². The second-order valence-electron chi connectivity index (χ2n) is 4.14. The number of aromatic nitrogens is 2. The average molecular weight is 350 g/mol. The van der Waals surface area contributed by atoms with E-state index in [4.69, 9.17) is 0 Å². The molecule has 0 radical (unpaired) electrons. The summed E-state index contributed by atoms with van der Waals surface area (Å²) in [5.74, 6) is 0. The van der Waals surface area contributed by atoms with Gasteiger partial charge in [-0.05, 0) is 24.1 Å². The Morgan fingerprint density at radius 3 is 2.50 bits per heavy atom. The van der Waals surface area contributed by atoms with Crippen molar-refractivity contribution in [2.45, 2.75) is 13.3 Å². The Balaban J connectivity index is 0.00000120. The third kappa shape index (κ3) is 2.41. The van der Waals surface area contributed by atoms with Crippen molar-refractivity contribution in [1.29, 1.82) is 0 Å². The first kappa shape index (κ1) is 13.1. The molecule has 0 N–H and O–H groups in total.